The van der Waals surface area contributed by atoms with E-state index in [1.807, 2.05) is 55.5 Å². The highest BCUT2D eigenvalue weighted by Gasteiger charge is 2.24. The molecule has 26 heavy (non-hydrogen) atoms. The number of halogens is 1. The second-order valence-electron chi connectivity index (χ2n) is 7.34. The average Bonchev–Trinajstić information content (AvgIpc) is 2.91. The van der Waals surface area contributed by atoms with Crippen molar-refractivity contribution in [1.82, 2.24) is 4.90 Å². The van der Waals surface area contributed by atoms with Crippen molar-refractivity contribution in [2.24, 2.45) is 0 Å². The van der Waals surface area contributed by atoms with E-state index < -0.39 is 5.60 Å². The molecular weight excluding hydrogens is 390 g/mol. The molecule has 2 aromatic carbocycles. The summed E-state index contributed by atoms with van der Waals surface area (Å²) in [6.45, 7) is 5.18. The van der Waals surface area contributed by atoms with Gasteiger partial charge in [-0.25, -0.2) is 0 Å². The Morgan fingerprint density at radius 2 is 1.65 bits per heavy atom. The number of rotatable bonds is 6. The van der Waals surface area contributed by atoms with Crippen molar-refractivity contribution in [3.8, 4) is 11.5 Å². The third kappa shape index (κ3) is 5.32. The summed E-state index contributed by atoms with van der Waals surface area (Å²) in [6.07, 6.45) is 5.99. The van der Waals surface area contributed by atoms with Crippen molar-refractivity contribution in [3.05, 3.63) is 58.6 Å². The number of aliphatic hydroxyl groups is 1. The Morgan fingerprint density at radius 1 is 1.00 bits per heavy atom. The summed E-state index contributed by atoms with van der Waals surface area (Å²) in [5, 5.41) is 10.9. The second-order valence-corrected chi connectivity index (χ2v) is 8.19. The first-order chi connectivity index (χ1) is 12.5. The molecule has 0 spiro atoms. The lowest BCUT2D eigenvalue weighted by Crippen LogP contribution is -2.32. The molecular formula is C22H28BrNO2. The first-order valence-electron chi connectivity index (χ1n) is 9.52. The van der Waals surface area contributed by atoms with E-state index in [-0.39, 0.29) is 0 Å². The van der Waals surface area contributed by atoms with Crippen LogP contribution in [0.4, 0.5) is 0 Å². The Morgan fingerprint density at radius 3 is 2.31 bits per heavy atom. The molecule has 1 aliphatic rings. The molecule has 4 heteroatoms. The van der Waals surface area contributed by atoms with Gasteiger partial charge in [0.2, 0.25) is 0 Å². The third-order valence-corrected chi connectivity index (χ3v) is 5.81. The summed E-state index contributed by atoms with van der Waals surface area (Å²) in [4.78, 5) is 2.49. The Kier molecular flexibility index (Phi) is 6.74. The summed E-state index contributed by atoms with van der Waals surface area (Å²) in [5.41, 5.74) is 0.116. The van der Waals surface area contributed by atoms with E-state index in [1.165, 1.54) is 25.7 Å². The Bertz CT molecular complexity index is 692. The van der Waals surface area contributed by atoms with Gasteiger partial charge in [-0.05, 0) is 85.0 Å². The lowest BCUT2D eigenvalue weighted by Gasteiger charge is -2.28. The van der Waals surface area contributed by atoms with Gasteiger partial charge in [-0.2, -0.15) is 0 Å². The third-order valence-electron chi connectivity index (χ3n) is 5.15. The second kappa shape index (κ2) is 9.03. The van der Waals surface area contributed by atoms with Crippen LogP contribution >= 0.6 is 15.9 Å². The van der Waals surface area contributed by atoms with Crippen LogP contribution in [0.3, 0.4) is 0 Å². The lowest BCUT2D eigenvalue weighted by molar-refractivity contribution is 0.0362. The molecule has 140 valence electrons. The molecule has 1 unspecified atom stereocenters. The quantitative estimate of drug-likeness (QED) is 0.652. The van der Waals surface area contributed by atoms with E-state index in [1.54, 1.807) is 0 Å². The molecule has 1 atom stereocenters. The van der Waals surface area contributed by atoms with Gasteiger partial charge in [0.05, 0.1) is 10.1 Å². The zero-order chi connectivity index (χ0) is 18.4. The van der Waals surface area contributed by atoms with Crippen LogP contribution in [0.5, 0.6) is 11.5 Å². The molecule has 1 N–H and O–H groups in total. The zero-order valence-electron chi connectivity index (χ0n) is 15.5. The summed E-state index contributed by atoms with van der Waals surface area (Å²) in [7, 11) is 0. The molecule has 3 rings (SSSR count). The topological polar surface area (TPSA) is 32.7 Å². The van der Waals surface area contributed by atoms with Crippen LogP contribution < -0.4 is 4.74 Å². The number of para-hydroxylation sites is 1. The Balaban J connectivity index is 1.60. The number of nitrogens with zero attached hydrogens (tertiary/aromatic N) is 1. The van der Waals surface area contributed by atoms with Crippen LogP contribution in [0.25, 0.3) is 0 Å². The number of benzene rings is 2. The molecule has 1 fully saturated rings. The van der Waals surface area contributed by atoms with E-state index in [0.717, 1.165) is 47.6 Å². The Hall–Kier alpha value is -1.36. The predicted octanol–water partition coefficient (Wildman–Crippen LogP) is 5.72. The molecule has 3 nitrogen and oxygen atoms in total. The average molecular weight is 418 g/mol. The van der Waals surface area contributed by atoms with E-state index >= 15 is 0 Å². The normalized spacial score (nSPS) is 18.1. The van der Waals surface area contributed by atoms with Gasteiger partial charge < -0.3 is 14.7 Å². The van der Waals surface area contributed by atoms with Crippen LogP contribution in [0.15, 0.2) is 53.0 Å². The highest BCUT2D eigenvalue weighted by Crippen LogP contribution is 2.31. The maximum atomic E-state index is 10.9. The van der Waals surface area contributed by atoms with E-state index in [2.05, 4.69) is 20.8 Å². The molecule has 0 radical (unpaired) electrons. The molecule has 1 aliphatic heterocycles. The fourth-order valence-corrected chi connectivity index (χ4v) is 3.78. The standard InChI is InChI=1S/C22H28BrNO2/c1-22(25,14-17-24-15-6-2-3-7-16-24)18-10-12-19(13-11-18)26-21-9-5-4-8-20(21)23/h4-5,8-13,25H,2-3,6-7,14-17H2,1H3. The van der Waals surface area contributed by atoms with Gasteiger partial charge >= 0.3 is 0 Å². The largest absolute Gasteiger partial charge is 0.456 e. The summed E-state index contributed by atoms with van der Waals surface area (Å²) < 4.78 is 6.83. The van der Waals surface area contributed by atoms with E-state index in [4.69, 9.17) is 4.74 Å². The fraction of sp³-hybridized carbons (Fsp3) is 0.455. The lowest BCUT2D eigenvalue weighted by atomic mass is 9.92. The van der Waals surface area contributed by atoms with Crippen molar-refractivity contribution in [3.63, 3.8) is 0 Å². The minimum atomic E-state index is -0.821. The van der Waals surface area contributed by atoms with Crippen LogP contribution in [0.2, 0.25) is 0 Å². The minimum absolute atomic E-state index is 0.747. The summed E-state index contributed by atoms with van der Waals surface area (Å²) >= 11 is 3.49. The molecule has 1 heterocycles. The van der Waals surface area contributed by atoms with Gasteiger partial charge in [0, 0.05) is 6.54 Å². The maximum Gasteiger partial charge on any atom is 0.141 e. The van der Waals surface area contributed by atoms with E-state index in [0.29, 0.717) is 0 Å². The first kappa shape index (κ1) is 19.4. The van der Waals surface area contributed by atoms with Crippen molar-refractivity contribution in [1.29, 1.82) is 0 Å². The molecule has 0 saturated carbocycles. The van der Waals surface area contributed by atoms with Gasteiger partial charge in [0.15, 0.2) is 0 Å². The van der Waals surface area contributed by atoms with Gasteiger partial charge in [0.25, 0.3) is 0 Å². The first-order valence-corrected chi connectivity index (χ1v) is 10.3. The number of likely N-dealkylation sites (tertiary alicyclic amines) is 1. The molecule has 1 saturated heterocycles. The van der Waals surface area contributed by atoms with Crippen LogP contribution in [0.1, 0.15) is 44.6 Å². The van der Waals surface area contributed by atoms with Gasteiger partial charge in [-0.3, -0.25) is 0 Å². The van der Waals surface area contributed by atoms with Gasteiger partial charge in [0.1, 0.15) is 11.5 Å². The molecule has 0 aromatic heterocycles. The maximum absolute atomic E-state index is 10.9. The smallest absolute Gasteiger partial charge is 0.141 e. The highest BCUT2D eigenvalue weighted by molar-refractivity contribution is 9.10. The van der Waals surface area contributed by atoms with Crippen molar-refractivity contribution >= 4 is 15.9 Å². The summed E-state index contributed by atoms with van der Waals surface area (Å²) in [5.74, 6) is 1.55. The number of hydrogen-bond donors (Lipinski definition) is 1. The molecule has 0 aliphatic carbocycles. The van der Waals surface area contributed by atoms with Crippen LogP contribution in [-0.2, 0) is 5.60 Å². The van der Waals surface area contributed by atoms with Gasteiger partial charge in [-0.15, -0.1) is 0 Å². The number of hydrogen-bond acceptors (Lipinski definition) is 3. The SMILES string of the molecule is CC(O)(CCN1CCCCCC1)c1ccc(Oc2ccccc2Br)cc1. The van der Waals surface area contributed by atoms with E-state index in [9.17, 15) is 5.11 Å². The molecule has 0 bridgehead atoms. The number of ether oxygens (including phenoxy) is 1. The minimum Gasteiger partial charge on any atom is -0.456 e. The van der Waals surface area contributed by atoms with Crippen molar-refractivity contribution in [2.75, 3.05) is 19.6 Å². The van der Waals surface area contributed by atoms with Crippen molar-refractivity contribution < 1.29 is 9.84 Å². The highest BCUT2D eigenvalue weighted by atomic mass is 79.9. The molecule has 2 aromatic rings. The zero-order valence-corrected chi connectivity index (χ0v) is 17.0. The van der Waals surface area contributed by atoms with Crippen LogP contribution in [0, 0.1) is 0 Å². The fourth-order valence-electron chi connectivity index (χ4n) is 3.42. The molecule has 0 amide bonds. The van der Waals surface area contributed by atoms with Crippen LogP contribution in [-0.4, -0.2) is 29.6 Å². The van der Waals surface area contributed by atoms with Crippen molar-refractivity contribution in [2.45, 2.75) is 44.6 Å². The van der Waals surface area contributed by atoms with Gasteiger partial charge in [-0.1, -0.05) is 37.1 Å². The predicted molar refractivity (Wildman–Crippen MR) is 110 cm³/mol. The summed E-state index contributed by atoms with van der Waals surface area (Å²) in [6, 6.07) is 15.6. The monoisotopic (exact) mass is 417 g/mol. The Labute approximate surface area is 165 Å².